The molecule has 25 heavy (non-hydrogen) atoms. The molecule has 2 aromatic rings. The predicted molar refractivity (Wildman–Crippen MR) is 105 cm³/mol. The van der Waals surface area contributed by atoms with Gasteiger partial charge in [0.25, 0.3) is 0 Å². The van der Waals surface area contributed by atoms with Crippen molar-refractivity contribution in [3.8, 4) is 5.75 Å². The molecule has 0 aliphatic carbocycles. The molecule has 2 rings (SSSR count). The van der Waals surface area contributed by atoms with Gasteiger partial charge >= 0.3 is 0 Å². The fraction of sp³-hybridized carbons (Fsp3) is 0.381. The van der Waals surface area contributed by atoms with Gasteiger partial charge in [0.1, 0.15) is 5.75 Å². The monoisotopic (exact) mass is 340 g/mol. The highest BCUT2D eigenvalue weighted by molar-refractivity contribution is 5.90. The Bertz CT molecular complexity index is 661. The third-order valence-corrected chi connectivity index (χ3v) is 4.03. The lowest BCUT2D eigenvalue weighted by Gasteiger charge is -2.13. The largest absolute Gasteiger partial charge is 0.494 e. The first-order valence-corrected chi connectivity index (χ1v) is 8.75. The Balaban J connectivity index is 1.69. The highest BCUT2D eigenvalue weighted by atomic mass is 16.5. The Labute approximate surface area is 150 Å². The average molecular weight is 340 g/mol. The molecule has 0 spiro atoms. The molecule has 1 N–H and O–H groups in total. The molecule has 0 saturated heterocycles. The summed E-state index contributed by atoms with van der Waals surface area (Å²) in [6.45, 7) is 4.87. The number of ether oxygens (including phenoxy) is 1. The van der Waals surface area contributed by atoms with Gasteiger partial charge in [-0.05, 0) is 54.3 Å². The molecule has 134 valence electrons. The van der Waals surface area contributed by atoms with Crippen molar-refractivity contribution < 1.29 is 9.53 Å². The summed E-state index contributed by atoms with van der Waals surface area (Å²) < 4.78 is 5.70. The molecule has 4 heteroatoms. The maximum atomic E-state index is 12.0. The van der Waals surface area contributed by atoms with Gasteiger partial charge in [-0.1, -0.05) is 26.0 Å². The average Bonchev–Trinajstić information content (AvgIpc) is 2.59. The molecule has 1 amide bonds. The van der Waals surface area contributed by atoms with Crippen LogP contribution < -0.4 is 15.0 Å². The van der Waals surface area contributed by atoms with E-state index in [4.69, 9.17) is 4.74 Å². The zero-order valence-electron chi connectivity index (χ0n) is 15.6. The fourth-order valence-electron chi connectivity index (χ4n) is 2.44. The predicted octanol–water partition coefficient (Wildman–Crippen LogP) is 4.67. The molecule has 4 nitrogen and oxygen atoms in total. The van der Waals surface area contributed by atoms with Crippen LogP contribution in [0.25, 0.3) is 0 Å². The molecule has 0 saturated carbocycles. The maximum Gasteiger partial charge on any atom is 0.224 e. The van der Waals surface area contributed by atoms with Crippen LogP contribution in [0.15, 0.2) is 48.5 Å². The van der Waals surface area contributed by atoms with E-state index in [9.17, 15) is 4.79 Å². The van der Waals surface area contributed by atoms with Crippen LogP contribution in [-0.4, -0.2) is 26.6 Å². The van der Waals surface area contributed by atoms with Crippen molar-refractivity contribution >= 4 is 17.3 Å². The van der Waals surface area contributed by atoms with E-state index in [0.717, 1.165) is 17.1 Å². The van der Waals surface area contributed by atoms with E-state index in [2.05, 4.69) is 31.3 Å². The third-order valence-electron chi connectivity index (χ3n) is 4.03. The van der Waals surface area contributed by atoms with Gasteiger partial charge in [0.15, 0.2) is 0 Å². The first-order valence-electron chi connectivity index (χ1n) is 8.75. The number of hydrogen-bond acceptors (Lipinski definition) is 3. The zero-order chi connectivity index (χ0) is 18.2. The summed E-state index contributed by atoms with van der Waals surface area (Å²) in [6.07, 6.45) is 1.13. The third kappa shape index (κ3) is 6.14. The van der Waals surface area contributed by atoms with Gasteiger partial charge in [-0.15, -0.1) is 0 Å². The Morgan fingerprint density at radius 1 is 1.04 bits per heavy atom. The number of nitrogens with one attached hydrogen (secondary N) is 1. The smallest absolute Gasteiger partial charge is 0.224 e. The minimum Gasteiger partial charge on any atom is -0.494 e. The number of amides is 1. The van der Waals surface area contributed by atoms with Gasteiger partial charge < -0.3 is 15.0 Å². The number of hydrogen-bond donors (Lipinski definition) is 1. The first-order chi connectivity index (χ1) is 12.0. The van der Waals surface area contributed by atoms with Crippen LogP contribution in [0.3, 0.4) is 0 Å². The Hall–Kier alpha value is -2.49. The Kier molecular flexibility index (Phi) is 6.87. The lowest BCUT2D eigenvalue weighted by molar-refractivity contribution is -0.116. The number of carbonyl (C=O) groups is 1. The topological polar surface area (TPSA) is 41.6 Å². The van der Waals surface area contributed by atoms with Gasteiger partial charge in [-0.25, -0.2) is 0 Å². The van der Waals surface area contributed by atoms with Crippen molar-refractivity contribution in [2.24, 2.45) is 0 Å². The van der Waals surface area contributed by atoms with Crippen molar-refractivity contribution in [2.75, 3.05) is 30.9 Å². The van der Waals surface area contributed by atoms with Crippen LogP contribution in [0.2, 0.25) is 0 Å². The lowest BCUT2D eigenvalue weighted by Crippen LogP contribution is -2.13. The Morgan fingerprint density at radius 3 is 2.24 bits per heavy atom. The summed E-state index contributed by atoms with van der Waals surface area (Å²) in [5.74, 6) is 1.38. The summed E-state index contributed by atoms with van der Waals surface area (Å²) in [4.78, 5) is 14.0. The van der Waals surface area contributed by atoms with Crippen molar-refractivity contribution in [1.82, 2.24) is 0 Å². The molecule has 0 heterocycles. The molecule has 0 unspecified atom stereocenters. The van der Waals surface area contributed by atoms with Crippen LogP contribution in [0.4, 0.5) is 11.4 Å². The van der Waals surface area contributed by atoms with E-state index >= 15 is 0 Å². The highest BCUT2D eigenvalue weighted by Crippen LogP contribution is 2.19. The quantitative estimate of drug-likeness (QED) is 0.710. The van der Waals surface area contributed by atoms with Crippen molar-refractivity contribution in [1.29, 1.82) is 0 Å². The summed E-state index contributed by atoms with van der Waals surface area (Å²) in [5.41, 5.74) is 3.22. The van der Waals surface area contributed by atoms with Gasteiger partial charge in [0.05, 0.1) is 6.61 Å². The van der Waals surface area contributed by atoms with E-state index in [1.54, 1.807) is 0 Å². The molecule has 0 fully saturated rings. The summed E-state index contributed by atoms with van der Waals surface area (Å²) in [5, 5.41) is 2.91. The molecule has 0 bridgehead atoms. The molecule has 0 atom stereocenters. The van der Waals surface area contributed by atoms with Crippen molar-refractivity contribution in [3.05, 3.63) is 54.1 Å². The summed E-state index contributed by atoms with van der Waals surface area (Å²) in [6, 6.07) is 16.0. The molecular weight excluding hydrogens is 312 g/mol. The van der Waals surface area contributed by atoms with Gasteiger partial charge in [0, 0.05) is 31.9 Å². The minimum absolute atomic E-state index is 0.0105. The standard InChI is InChI=1S/C21H28N2O2/c1-16(2)17-7-13-20(14-8-17)25-15-5-6-21(24)22-18-9-11-19(12-10-18)23(3)4/h7-14,16H,5-6,15H2,1-4H3,(H,22,24). The molecule has 2 aromatic carbocycles. The van der Waals surface area contributed by atoms with Crippen molar-refractivity contribution in [2.45, 2.75) is 32.6 Å². The second-order valence-electron chi connectivity index (χ2n) is 6.67. The summed E-state index contributed by atoms with van der Waals surface area (Å²) in [7, 11) is 3.98. The van der Waals surface area contributed by atoms with E-state index in [-0.39, 0.29) is 5.91 Å². The van der Waals surface area contributed by atoms with E-state index in [0.29, 0.717) is 25.4 Å². The second kappa shape index (κ2) is 9.11. The van der Waals surface area contributed by atoms with Crippen LogP contribution >= 0.6 is 0 Å². The van der Waals surface area contributed by atoms with Crippen LogP contribution in [-0.2, 0) is 4.79 Å². The highest BCUT2D eigenvalue weighted by Gasteiger charge is 2.04. The maximum absolute atomic E-state index is 12.0. The molecular formula is C21H28N2O2. The number of anilines is 2. The number of rotatable bonds is 8. The fourth-order valence-corrected chi connectivity index (χ4v) is 2.44. The molecule has 0 aliphatic rings. The number of benzene rings is 2. The molecule has 0 aromatic heterocycles. The number of nitrogens with zero attached hydrogens (tertiary/aromatic N) is 1. The van der Waals surface area contributed by atoms with Gasteiger partial charge in [-0.2, -0.15) is 0 Å². The molecule has 0 radical (unpaired) electrons. The van der Waals surface area contributed by atoms with E-state index in [1.165, 1.54) is 5.56 Å². The SMILES string of the molecule is CC(C)c1ccc(OCCCC(=O)Nc2ccc(N(C)C)cc2)cc1. The van der Waals surface area contributed by atoms with Crippen LogP contribution in [0.1, 0.15) is 38.2 Å². The second-order valence-corrected chi connectivity index (χ2v) is 6.67. The minimum atomic E-state index is 0.0105. The zero-order valence-corrected chi connectivity index (χ0v) is 15.6. The van der Waals surface area contributed by atoms with Gasteiger partial charge in [-0.3, -0.25) is 4.79 Å². The van der Waals surface area contributed by atoms with E-state index < -0.39 is 0 Å². The Morgan fingerprint density at radius 2 is 1.68 bits per heavy atom. The van der Waals surface area contributed by atoms with Crippen molar-refractivity contribution in [3.63, 3.8) is 0 Å². The first kappa shape index (κ1) is 18.8. The van der Waals surface area contributed by atoms with E-state index in [1.807, 2.05) is 55.4 Å². The molecule has 0 aliphatic heterocycles. The van der Waals surface area contributed by atoms with Crippen LogP contribution in [0.5, 0.6) is 5.75 Å². The lowest BCUT2D eigenvalue weighted by atomic mass is 10.0. The normalized spacial score (nSPS) is 10.6. The van der Waals surface area contributed by atoms with Gasteiger partial charge in [0.2, 0.25) is 5.91 Å². The summed E-state index contributed by atoms with van der Waals surface area (Å²) >= 11 is 0. The van der Waals surface area contributed by atoms with Crippen LogP contribution in [0, 0.1) is 0 Å². The number of carbonyl (C=O) groups excluding carboxylic acids is 1.